The van der Waals surface area contributed by atoms with Gasteiger partial charge in [-0.2, -0.15) is 0 Å². The maximum Gasteiger partial charge on any atom is 0.129 e. The Labute approximate surface area is 87.0 Å². The molecule has 0 aliphatic carbocycles. The Hall–Kier alpha value is -0.780. The standard InChI is InChI=1S/C12H20O2/c1-7-12(6,13)11(4,5)9-14-8-10(2)3/h1,13H,2,8-9H2,3-6H3. The molecule has 1 N–H and O–H groups in total. The predicted octanol–water partition coefficient (Wildman–Crippen LogP) is 1.99. The largest absolute Gasteiger partial charge is 0.377 e. The SMILES string of the molecule is C#CC(C)(O)C(C)(C)COCC(=C)C. The van der Waals surface area contributed by atoms with E-state index in [0.29, 0.717) is 13.2 Å². The van der Waals surface area contributed by atoms with Crippen LogP contribution < -0.4 is 0 Å². The van der Waals surface area contributed by atoms with Gasteiger partial charge < -0.3 is 9.84 Å². The van der Waals surface area contributed by atoms with Crippen molar-refractivity contribution >= 4 is 0 Å². The van der Waals surface area contributed by atoms with E-state index in [1.807, 2.05) is 20.8 Å². The molecule has 0 rings (SSSR count). The first-order valence-corrected chi connectivity index (χ1v) is 4.65. The normalized spacial score (nSPS) is 15.7. The third kappa shape index (κ3) is 3.53. The van der Waals surface area contributed by atoms with Crippen molar-refractivity contribution < 1.29 is 9.84 Å². The van der Waals surface area contributed by atoms with E-state index in [4.69, 9.17) is 11.2 Å². The number of hydrogen-bond donors (Lipinski definition) is 1. The van der Waals surface area contributed by atoms with Gasteiger partial charge in [0.25, 0.3) is 0 Å². The van der Waals surface area contributed by atoms with Crippen LogP contribution in [-0.2, 0) is 4.74 Å². The van der Waals surface area contributed by atoms with Gasteiger partial charge in [0, 0.05) is 5.41 Å². The van der Waals surface area contributed by atoms with Gasteiger partial charge in [-0.25, -0.2) is 0 Å². The fourth-order valence-electron chi connectivity index (χ4n) is 0.816. The predicted molar refractivity (Wildman–Crippen MR) is 58.9 cm³/mol. The van der Waals surface area contributed by atoms with Crippen LogP contribution in [0.25, 0.3) is 0 Å². The van der Waals surface area contributed by atoms with Gasteiger partial charge >= 0.3 is 0 Å². The summed E-state index contributed by atoms with van der Waals surface area (Å²) in [5.74, 6) is 2.37. The molecule has 0 fully saturated rings. The molecule has 0 aliphatic heterocycles. The van der Waals surface area contributed by atoms with Gasteiger partial charge in [-0.3, -0.25) is 0 Å². The molecule has 0 spiro atoms. The van der Waals surface area contributed by atoms with Gasteiger partial charge in [0.15, 0.2) is 0 Å². The Kier molecular flexibility index (Phi) is 4.38. The number of terminal acetylenes is 1. The molecule has 0 aromatic rings. The second-order valence-electron chi connectivity index (χ2n) is 4.55. The minimum Gasteiger partial charge on any atom is -0.377 e. The molecule has 1 unspecified atom stereocenters. The lowest BCUT2D eigenvalue weighted by Gasteiger charge is -2.35. The monoisotopic (exact) mass is 196 g/mol. The first-order chi connectivity index (χ1) is 6.23. The summed E-state index contributed by atoms with van der Waals surface area (Å²) in [6.45, 7) is 11.9. The van der Waals surface area contributed by atoms with E-state index in [0.717, 1.165) is 5.57 Å². The van der Waals surface area contributed by atoms with Crippen LogP contribution in [0.3, 0.4) is 0 Å². The molecule has 2 nitrogen and oxygen atoms in total. The summed E-state index contributed by atoms with van der Waals surface area (Å²) in [5.41, 5.74) is -0.652. The van der Waals surface area contributed by atoms with E-state index in [1.165, 1.54) is 0 Å². The third-order valence-corrected chi connectivity index (χ3v) is 2.41. The Morgan fingerprint density at radius 2 is 2.00 bits per heavy atom. The average molecular weight is 196 g/mol. The van der Waals surface area contributed by atoms with Crippen LogP contribution in [0.15, 0.2) is 12.2 Å². The van der Waals surface area contributed by atoms with Crippen LogP contribution >= 0.6 is 0 Å². The zero-order chi connectivity index (χ0) is 11.4. The zero-order valence-corrected chi connectivity index (χ0v) is 9.55. The molecule has 0 saturated heterocycles. The lowest BCUT2D eigenvalue weighted by atomic mass is 9.77. The van der Waals surface area contributed by atoms with E-state index in [9.17, 15) is 5.11 Å². The Morgan fingerprint density at radius 3 is 2.36 bits per heavy atom. The molecule has 2 heteroatoms. The van der Waals surface area contributed by atoms with Crippen molar-refractivity contribution in [2.24, 2.45) is 5.41 Å². The molecule has 0 bridgehead atoms. The second-order valence-corrected chi connectivity index (χ2v) is 4.55. The van der Waals surface area contributed by atoms with Crippen molar-refractivity contribution in [3.63, 3.8) is 0 Å². The summed E-state index contributed by atoms with van der Waals surface area (Å²) in [7, 11) is 0. The fourth-order valence-corrected chi connectivity index (χ4v) is 0.816. The molecule has 0 heterocycles. The van der Waals surface area contributed by atoms with Crippen molar-refractivity contribution in [1.29, 1.82) is 0 Å². The zero-order valence-electron chi connectivity index (χ0n) is 9.55. The lowest BCUT2D eigenvalue weighted by Crippen LogP contribution is -2.43. The number of hydrogen-bond acceptors (Lipinski definition) is 2. The Balaban J connectivity index is 4.22. The summed E-state index contributed by atoms with van der Waals surface area (Å²) in [6, 6.07) is 0. The highest BCUT2D eigenvalue weighted by atomic mass is 16.5. The first-order valence-electron chi connectivity index (χ1n) is 4.65. The summed E-state index contributed by atoms with van der Waals surface area (Å²) >= 11 is 0. The van der Waals surface area contributed by atoms with Gasteiger partial charge in [0.05, 0.1) is 13.2 Å². The van der Waals surface area contributed by atoms with E-state index in [-0.39, 0.29) is 0 Å². The van der Waals surface area contributed by atoms with Gasteiger partial charge in [-0.15, -0.1) is 6.42 Å². The van der Waals surface area contributed by atoms with Gasteiger partial charge in [0.1, 0.15) is 5.60 Å². The summed E-state index contributed by atoms with van der Waals surface area (Å²) < 4.78 is 5.39. The summed E-state index contributed by atoms with van der Waals surface area (Å²) in [4.78, 5) is 0. The van der Waals surface area contributed by atoms with Crippen LogP contribution in [0.1, 0.15) is 27.7 Å². The molecule has 0 amide bonds. The number of ether oxygens (including phenoxy) is 1. The molecule has 14 heavy (non-hydrogen) atoms. The van der Waals surface area contributed by atoms with Crippen LogP contribution in [0, 0.1) is 17.8 Å². The highest BCUT2D eigenvalue weighted by Crippen LogP contribution is 2.30. The molecule has 0 aromatic carbocycles. The van der Waals surface area contributed by atoms with E-state index in [2.05, 4.69) is 12.5 Å². The fraction of sp³-hybridized carbons (Fsp3) is 0.667. The quantitative estimate of drug-likeness (QED) is 0.538. The number of rotatable bonds is 5. The minimum atomic E-state index is -1.15. The molecular formula is C12H20O2. The molecule has 0 aliphatic rings. The van der Waals surface area contributed by atoms with Crippen molar-refractivity contribution in [2.75, 3.05) is 13.2 Å². The minimum absolute atomic E-state index is 0.414. The highest BCUT2D eigenvalue weighted by Gasteiger charge is 2.37. The third-order valence-electron chi connectivity index (χ3n) is 2.41. The van der Waals surface area contributed by atoms with Crippen molar-refractivity contribution in [2.45, 2.75) is 33.3 Å². The highest BCUT2D eigenvalue weighted by molar-refractivity contribution is 5.11. The molecule has 0 aromatic heterocycles. The Bertz CT molecular complexity index is 244. The van der Waals surface area contributed by atoms with Gasteiger partial charge in [-0.1, -0.05) is 31.9 Å². The second kappa shape index (κ2) is 4.63. The van der Waals surface area contributed by atoms with E-state index < -0.39 is 11.0 Å². The summed E-state index contributed by atoms with van der Waals surface area (Å²) in [6.07, 6.45) is 5.25. The maximum absolute atomic E-state index is 9.88. The van der Waals surface area contributed by atoms with Crippen LogP contribution in [0.5, 0.6) is 0 Å². The van der Waals surface area contributed by atoms with Crippen molar-refractivity contribution in [3.05, 3.63) is 12.2 Å². The van der Waals surface area contributed by atoms with Crippen LogP contribution in [0.4, 0.5) is 0 Å². The topological polar surface area (TPSA) is 29.5 Å². The maximum atomic E-state index is 9.88. The Morgan fingerprint density at radius 1 is 1.50 bits per heavy atom. The van der Waals surface area contributed by atoms with E-state index in [1.54, 1.807) is 6.92 Å². The van der Waals surface area contributed by atoms with Gasteiger partial charge in [-0.05, 0) is 13.8 Å². The van der Waals surface area contributed by atoms with Crippen LogP contribution in [-0.4, -0.2) is 23.9 Å². The molecule has 80 valence electrons. The first kappa shape index (κ1) is 13.2. The summed E-state index contributed by atoms with van der Waals surface area (Å²) in [5, 5.41) is 9.88. The average Bonchev–Trinajstić information content (AvgIpc) is 2.03. The lowest BCUT2D eigenvalue weighted by molar-refractivity contribution is -0.0511. The van der Waals surface area contributed by atoms with Crippen molar-refractivity contribution in [3.8, 4) is 12.3 Å². The molecular weight excluding hydrogens is 176 g/mol. The molecule has 1 atom stereocenters. The smallest absolute Gasteiger partial charge is 0.129 e. The number of aliphatic hydroxyl groups is 1. The van der Waals surface area contributed by atoms with Gasteiger partial charge in [0.2, 0.25) is 0 Å². The van der Waals surface area contributed by atoms with Crippen LogP contribution in [0.2, 0.25) is 0 Å². The molecule has 0 saturated carbocycles. The molecule has 0 radical (unpaired) electrons. The van der Waals surface area contributed by atoms with E-state index >= 15 is 0 Å². The van der Waals surface area contributed by atoms with Crippen molar-refractivity contribution in [1.82, 2.24) is 0 Å².